The maximum absolute atomic E-state index is 12.8. The van der Waals surface area contributed by atoms with E-state index in [0.29, 0.717) is 6.04 Å². The van der Waals surface area contributed by atoms with Gasteiger partial charge in [0.1, 0.15) is 10.8 Å². The first-order valence-electron chi connectivity index (χ1n) is 6.25. The number of nitrogens with one attached hydrogen (secondary N) is 1. The summed E-state index contributed by atoms with van der Waals surface area (Å²) in [5.41, 5.74) is 0. The van der Waals surface area contributed by atoms with E-state index in [1.165, 1.54) is 17.0 Å². The Labute approximate surface area is 121 Å². The third-order valence-corrected chi connectivity index (χ3v) is 5.07. The number of hydrogen-bond donors (Lipinski definition) is 1. The van der Waals surface area contributed by atoms with Crippen molar-refractivity contribution in [2.45, 2.75) is 30.5 Å². The van der Waals surface area contributed by atoms with Crippen molar-refractivity contribution in [2.75, 3.05) is 6.54 Å². The van der Waals surface area contributed by atoms with E-state index in [1.807, 2.05) is 6.20 Å². The molecule has 0 aliphatic heterocycles. The van der Waals surface area contributed by atoms with Gasteiger partial charge in [0.25, 0.3) is 0 Å². The Morgan fingerprint density at radius 1 is 1.37 bits per heavy atom. The molecule has 0 radical (unpaired) electrons. The summed E-state index contributed by atoms with van der Waals surface area (Å²) in [5.74, 6) is 0.634. The number of aromatic nitrogens is 1. The van der Waals surface area contributed by atoms with Crippen LogP contribution >= 0.6 is 23.1 Å². The van der Waals surface area contributed by atoms with Crippen molar-refractivity contribution in [2.24, 2.45) is 0 Å². The highest BCUT2D eigenvalue weighted by molar-refractivity contribution is 7.98. The van der Waals surface area contributed by atoms with E-state index in [-0.39, 0.29) is 5.82 Å². The van der Waals surface area contributed by atoms with Crippen molar-refractivity contribution in [3.8, 4) is 0 Å². The highest BCUT2D eigenvalue weighted by atomic mass is 32.2. The van der Waals surface area contributed by atoms with Crippen LogP contribution in [0.25, 0.3) is 0 Å². The SMILES string of the molecule is CCNC(C)c1cnc(CSc2ccc(F)cc2)s1. The Kier molecular flexibility index (Phi) is 5.36. The topological polar surface area (TPSA) is 24.9 Å². The maximum Gasteiger partial charge on any atom is 0.123 e. The van der Waals surface area contributed by atoms with E-state index in [9.17, 15) is 4.39 Å². The molecule has 1 heterocycles. The van der Waals surface area contributed by atoms with E-state index in [0.717, 1.165) is 22.2 Å². The lowest BCUT2D eigenvalue weighted by Crippen LogP contribution is -2.16. The van der Waals surface area contributed by atoms with Crippen LogP contribution in [0, 0.1) is 5.82 Å². The van der Waals surface area contributed by atoms with Crippen molar-refractivity contribution in [1.82, 2.24) is 10.3 Å². The van der Waals surface area contributed by atoms with Gasteiger partial charge in [-0.1, -0.05) is 6.92 Å². The molecule has 102 valence electrons. The molecule has 1 atom stereocenters. The Morgan fingerprint density at radius 3 is 2.79 bits per heavy atom. The van der Waals surface area contributed by atoms with Crippen LogP contribution < -0.4 is 5.32 Å². The van der Waals surface area contributed by atoms with Gasteiger partial charge < -0.3 is 5.32 Å². The molecule has 1 aromatic carbocycles. The Morgan fingerprint density at radius 2 is 2.11 bits per heavy atom. The number of rotatable bonds is 6. The number of thioether (sulfide) groups is 1. The zero-order valence-corrected chi connectivity index (χ0v) is 12.7. The lowest BCUT2D eigenvalue weighted by atomic mass is 10.3. The van der Waals surface area contributed by atoms with Gasteiger partial charge in [-0.25, -0.2) is 9.37 Å². The zero-order chi connectivity index (χ0) is 13.7. The molecule has 0 amide bonds. The molecule has 0 aliphatic carbocycles. The van der Waals surface area contributed by atoms with Crippen molar-refractivity contribution in [1.29, 1.82) is 0 Å². The lowest BCUT2D eigenvalue weighted by molar-refractivity contribution is 0.606. The molecule has 19 heavy (non-hydrogen) atoms. The first-order chi connectivity index (χ1) is 9.19. The molecule has 2 aromatic rings. The van der Waals surface area contributed by atoms with Crippen LogP contribution in [0.4, 0.5) is 4.39 Å². The van der Waals surface area contributed by atoms with Gasteiger partial charge in [-0.15, -0.1) is 23.1 Å². The molecule has 0 saturated heterocycles. The molecule has 0 bridgehead atoms. The van der Waals surface area contributed by atoms with E-state index in [1.54, 1.807) is 35.2 Å². The molecule has 1 unspecified atom stereocenters. The predicted molar refractivity (Wildman–Crippen MR) is 80.2 cm³/mol. The van der Waals surface area contributed by atoms with Gasteiger partial charge in [-0.05, 0) is 37.7 Å². The summed E-state index contributed by atoms with van der Waals surface area (Å²) in [6.07, 6.45) is 1.94. The van der Waals surface area contributed by atoms with Crippen LogP contribution in [0.3, 0.4) is 0 Å². The summed E-state index contributed by atoms with van der Waals surface area (Å²) in [5, 5.41) is 4.48. The lowest BCUT2D eigenvalue weighted by Gasteiger charge is -2.08. The molecule has 2 rings (SSSR count). The summed E-state index contributed by atoms with van der Waals surface area (Å²) >= 11 is 3.42. The molecular weight excluding hydrogens is 279 g/mol. The van der Waals surface area contributed by atoms with Crippen LogP contribution in [0.5, 0.6) is 0 Å². The summed E-state index contributed by atoms with van der Waals surface area (Å²) < 4.78 is 12.8. The van der Waals surface area contributed by atoms with Gasteiger partial charge in [0, 0.05) is 22.0 Å². The second-order valence-electron chi connectivity index (χ2n) is 4.18. The Balaban J connectivity index is 1.91. The molecule has 1 N–H and O–H groups in total. The van der Waals surface area contributed by atoms with Gasteiger partial charge in [0.15, 0.2) is 0 Å². The van der Waals surface area contributed by atoms with E-state index >= 15 is 0 Å². The van der Waals surface area contributed by atoms with Crippen LogP contribution in [0.1, 0.15) is 29.8 Å². The maximum atomic E-state index is 12.8. The largest absolute Gasteiger partial charge is 0.310 e. The second-order valence-corrected chi connectivity index (χ2v) is 6.37. The number of halogens is 1. The summed E-state index contributed by atoms with van der Waals surface area (Å²) in [7, 11) is 0. The quantitative estimate of drug-likeness (QED) is 0.807. The average molecular weight is 296 g/mol. The monoisotopic (exact) mass is 296 g/mol. The molecule has 0 spiro atoms. The van der Waals surface area contributed by atoms with Crippen molar-refractivity contribution in [3.05, 3.63) is 46.2 Å². The molecule has 0 saturated carbocycles. The minimum absolute atomic E-state index is 0.194. The molecular formula is C14H17FN2S2. The highest BCUT2D eigenvalue weighted by Crippen LogP contribution is 2.27. The molecule has 0 aliphatic rings. The minimum Gasteiger partial charge on any atom is -0.310 e. The normalized spacial score (nSPS) is 12.6. The predicted octanol–water partition coefficient (Wildman–Crippen LogP) is 4.25. The van der Waals surface area contributed by atoms with Gasteiger partial charge >= 0.3 is 0 Å². The third-order valence-electron chi connectivity index (χ3n) is 2.68. The Bertz CT molecular complexity index is 510. The zero-order valence-electron chi connectivity index (χ0n) is 11.0. The first kappa shape index (κ1) is 14.5. The van der Waals surface area contributed by atoms with E-state index < -0.39 is 0 Å². The van der Waals surface area contributed by atoms with Crippen LogP contribution in [0.15, 0.2) is 35.4 Å². The number of benzene rings is 1. The van der Waals surface area contributed by atoms with Gasteiger partial charge in [-0.3, -0.25) is 0 Å². The standard InChI is InChI=1S/C14H17FN2S2/c1-3-16-10(2)13-8-17-14(19-13)9-18-12-6-4-11(15)5-7-12/h4-8,10,16H,3,9H2,1-2H3. The van der Waals surface area contributed by atoms with Crippen LogP contribution in [-0.2, 0) is 5.75 Å². The van der Waals surface area contributed by atoms with Crippen molar-refractivity contribution in [3.63, 3.8) is 0 Å². The summed E-state index contributed by atoms with van der Waals surface area (Å²) in [6, 6.07) is 6.93. The smallest absolute Gasteiger partial charge is 0.123 e. The molecule has 2 nitrogen and oxygen atoms in total. The van der Waals surface area contributed by atoms with E-state index in [2.05, 4.69) is 24.1 Å². The number of thiazole rings is 1. The second kappa shape index (κ2) is 7.03. The fraction of sp³-hybridized carbons (Fsp3) is 0.357. The fourth-order valence-electron chi connectivity index (χ4n) is 1.67. The average Bonchev–Trinajstić information content (AvgIpc) is 2.87. The van der Waals surface area contributed by atoms with Crippen molar-refractivity contribution >= 4 is 23.1 Å². The molecule has 0 fully saturated rings. The van der Waals surface area contributed by atoms with Gasteiger partial charge in [-0.2, -0.15) is 0 Å². The number of nitrogens with zero attached hydrogens (tertiary/aromatic N) is 1. The van der Waals surface area contributed by atoms with Crippen LogP contribution in [-0.4, -0.2) is 11.5 Å². The third kappa shape index (κ3) is 4.30. The molecule has 1 aromatic heterocycles. The van der Waals surface area contributed by atoms with Crippen LogP contribution in [0.2, 0.25) is 0 Å². The molecule has 5 heteroatoms. The summed E-state index contributed by atoms with van der Waals surface area (Å²) in [4.78, 5) is 6.76. The van der Waals surface area contributed by atoms with Crippen molar-refractivity contribution < 1.29 is 4.39 Å². The van der Waals surface area contributed by atoms with Gasteiger partial charge in [0.2, 0.25) is 0 Å². The minimum atomic E-state index is -0.194. The summed E-state index contributed by atoms with van der Waals surface area (Å²) in [6.45, 7) is 5.20. The van der Waals surface area contributed by atoms with E-state index in [4.69, 9.17) is 0 Å². The van der Waals surface area contributed by atoms with Gasteiger partial charge in [0.05, 0.1) is 5.75 Å². The number of hydrogen-bond acceptors (Lipinski definition) is 4. The highest BCUT2D eigenvalue weighted by Gasteiger charge is 2.08. The Hall–Kier alpha value is -0.910. The fourth-order valence-corrected chi connectivity index (χ4v) is 3.52. The first-order valence-corrected chi connectivity index (χ1v) is 8.05.